The van der Waals surface area contributed by atoms with Crippen molar-refractivity contribution in [1.29, 1.82) is 0 Å². The lowest BCUT2D eigenvalue weighted by molar-refractivity contribution is -0.218. The van der Waals surface area contributed by atoms with Crippen molar-refractivity contribution in [3.63, 3.8) is 0 Å². The van der Waals surface area contributed by atoms with Crippen LogP contribution in [-0.2, 0) is 16.1 Å². The van der Waals surface area contributed by atoms with Crippen LogP contribution in [0.2, 0.25) is 0 Å². The molecule has 1 saturated heterocycles. The van der Waals surface area contributed by atoms with Gasteiger partial charge in [0.1, 0.15) is 5.75 Å². The molecule has 0 radical (unpaired) electrons. The van der Waals surface area contributed by atoms with Gasteiger partial charge >= 0.3 is 0 Å². The van der Waals surface area contributed by atoms with E-state index in [1.165, 1.54) is 5.56 Å². The van der Waals surface area contributed by atoms with Crippen LogP contribution in [0.15, 0.2) is 59.7 Å². The number of carbonyl (C=O) groups excluding carboxylic acids is 1. The summed E-state index contributed by atoms with van der Waals surface area (Å²) in [6.45, 7) is 1.64. The van der Waals surface area contributed by atoms with Crippen molar-refractivity contribution in [1.82, 2.24) is 15.0 Å². The van der Waals surface area contributed by atoms with Gasteiger partial charge in [-0.15, -0.1) is 5.10 Å². The van der Waals surface area contributed by atoms with Crippen molar-refractivity contribution in [2.24, 2.45) is 5.10 Å². The fourth-order valence-corrected chi connectivity index (χ4v) is 3.23. The van der Waals surface area contributed by atoms with Crippen LogP contribution in [0.3, 0.4) is 0 Å². The summed E-state index contributed by atoms with van der Waals surface area (Å²) in [5, 5.41) is 8.01. The molecule has 2 aromatic carbocycles. The molecule has 0 aromatic heterocycles. The minimum Gasteiger partial charge on any atom is -0.473 e. The molecule has 0 saturated carbocycles. The second kappa shape index (κ2) is 8.00. The van der Waals surface area contributed by atoms with Crippen LogP contribution < -0.4 is 4.74 Å². The number of benzene rings is 2. The Balaban J connectivity index is 1.44. The lowest BCUT2D eigenvalue weighted by Gasteiger charge is -2.44. The highest BCUT2D eigenvalue weighted by Crippen LogP contribution is 2.29. The van der Waals surface area contributed by atoms with Crippen LogP contribution in [0, 0.1) is 0 Å². The summed E-state index contributed by atoms with van der Waals surface area (Å²) >= 11 is 0. The van der Waals surface area contributed by atoms with E-state index in [1.54, 1.807) is 5.12 Å². The van der Waals surface area contributed by atoms with Gasteiger partial charge in [0.2, 0.25) is 5.90 Å². The molecule has 146 valence electrons. The molecule has 4 rings (SSSR count). The summed E-state index contributed by atoms with van der Waals surface area (Å²) in [4.78, 5) is 13.6. The van der Waals surface area contributed by atoms with Crippen molar-refractivity contribution >= 4 is 12.2 Å². The zero-order chi connectivity index (χ0) is 19.5. The summed E-state index contributed by atoms with van der Waals surface area (Å²) in [5.74, 6) is 1.24. The Morgan fingerprint density at radius 2 is 1.93 bits per heavy atom. The van der Waals surface area contributed by atoms with E-state index in [4.69, 9.17) is 9.47 Å². The van der Waals surface area contributed by atoms with E-state index < -0.39 is 6.23 Å². The Morgan fingerprint density at radius 1 is 1.18 bits per heavy atom. The second-order valence-corrected chi connectivity index (χ2v) is 7.14. The van der Waals surface area contributed by atoms with Gasteiger partial charge in [-0.25, -0.2) is 0 Å². The van der Waals surface area contributed by atoms with Gasteiger partial charge in [-0.3, -0.25) is 4.79 Å². The monoisotopic (exact) mass is 380 g/mol. The maximum Gasteiger partial charge on any atom is 0.260 e. The molecule has 1 fully saturated rings. The topological polar surface area (TPSA) is 57.6 Å². The van der Waals surface area contributed by atoms with Gasteiger partial charge in [0.25, 0.3) is 6.23 Å². The SMILES string of the molecule is CN(C)Cc1ccc(OC2CCN2N2N=C(c3ccccc3)OC2C=O)cc1. The highest BCUT2D eigenvalue weighted by atomic mass is 16.6. The molecule has 2 atom stereocenters. The van der Waals surface area contributed by atoms with E-state index in [9.17, 15) is 4.79 Å². The van der Waals surface area contributed by atoms with Gasteiger partial charge in [-0.05, 0) is 43.9 Å². The maximum absolute atomic E-state index is 11.5. The molecule has 0 spiro atoms. The molecule has 2 aromatic rings. The van der Waals surface area contributed by atoms with Gasteiger partial charge in [-0.2, -0.15) is 10.1 Å². The normalized spacial score (nSPS) is 21.8. The van der Waals surface area contributed by atoms with Gasteiger partial charge in [0.05, 0.1) is 0 Å². The van der Waals surface area contributed by atoms with Crippen molar-refractivity contribution in [2.45, 2.75) is 25.4 Å². The molecule has 0 bridgehead atoms. The Morgan fingerprint density at radius 3 is 2.54 bits per heavy atom. The highest BCUT2D eigenvalue weighted by molar-refractivity contribution is 5.95. The number of ether oxygens (including phenoxy) is 2. The zero-order valence-corrected chi connectivity index (χ0v) is 16.1. The van der Waals surface area contributed by atoms with Crippen LogP contribution >= 0.6 is 0 Å². The number of hydrogen-bond acceptors (Lipinski definition) is 7. The van der Waals surface area contributed by atoms with E-state index >= 15 is 0 Å². The number of nitrogens with zero attached hydrogens (tertiary/aromatic N) is 4. The predicted octanol–water partition coefficient (Wildman–Crippen LogP) is 2.29. The fourth-order valence-electron chi connectivity index (χ4n) is 3.23. The average molecular weight is 380 g/mol. The summed E-state index contributed by atoms with van der Waals surface area (Å²) in [6.07, 6.45) is 0.663. The first-order valence-corrected chi connectivity index (χ1v) is 9.36. The van der Waals surface area contributed by atoms with Gasteiger partial charge in [0.15, 0.2) is 12.5 Å². The van der Waals surface area contributed by atoms with Crippen LogP contribution in [-0.4, -0.2) is 60.3 Å². The van der Waals surface area contributed by atoms with Gasteiger partial charge < -0.3 is 14.4 Å². The zero-order valence-electron chi connectivity index (χ0n) is 16.1. The quantitative estimate of drug-likeness (QED) is 0.687. The van der Waals surface area contributed by atoms with Crippen LogP contribution in [0.1, 0.15) is 17.5 Å². The third kappa shape index (κ3) is 3.85. The van der Waals surface area contributed by atoms with Crippen molar-refractivity contribution < 1.29 is 14.3 Å². The number of hydrazine groups is 1. The second-order valence-electron chi connectivity index (χ2n) is 7.14. The minimum absolute atomic E-state index is 0.176. The molecule has 2 unspecified atom stereocenters. The summed E-state index contributed by atoms with van der Waals surface area (Å²) < 4.78 is 11.8. The third-order valence-electron chi connectivity index (χ3n) is 4.69. The highest BCUT2D eigenvalue weighted by Gasteiger charge is 2.42. The lowest BCUT2D eigenvalue weighted by Crippen LogP contribution is -2.60. The predicted molar refractivity (Wildman–Crippen MR) is 105 cm³/mol. The molecule has 2 aliphatic heterocycles. The molecule has 28 heavy (non-hydrogen) atoms. The molecule has 7 nitrogen and oxygen atoms in total. The molecule has 0 N–H and O–H groups in total. The van der Waals surface area contributed by atoms with Crippen LogP contribution in [0.4, 0.5) is 0 Å². The average Bonchev–Trinajstić information content (AvgIpc) is 3.10. The molecule has 2 heterocycles. The van der Waals surface area contributed by atoms with Crippen molar-refractivity contribution in [2.75, 3.05) is 20.6 Å². The molecule has 2 aliphatic rings. The number of hydrazone groups is 1. The summed E-state index contributed by atoms with van der Waals surface area (Å²) in [5.41, 5.74) is 2.07. The number of carbonyl (C=O) groups is 1. The van der Waals surface area contributed by atoms with Crippen molar-refractivity contribution in [3.8, 4) is 5.75 Å². The molecule has 0 aliphatic carbocycles. The number of aldehydes is 1. The summed E-state index contributed by atoms with van der Waals surface area (Å²) in [7, 11) is 4.09. The maximum atomic E-state index is 11.5. The van der Waals surface area contributed by atoms with E-state index in [0.717, 1.165) is 37.1 Å². The minimum atomic E-state index is -0.774. The number of hydrogen-bond donors (Lipinski definition) is 0. The van der Waals surface area contributed by atoms with Gasteiger partial charge in [0, 0.05) is 25.1 Å². The molecule has 0 amide bonds. The van der Waals surface area contributed by atoms with E-state index in [0.29, 0.717) is 5.90 Å². The van der Waals surface area contributed by atoms with Crippen LogP contribution in [0.25, 0.3) is 0 Å². The largest absolute Gasteiger partial charge is 0.473 e. The Hall–Kier alpha value is -2.90. The lowest BCUT2D eigenvalue weighted by atomic mass is 10.2. The van der Waals surface area contributed by atoms with E-state index in [1.807, 2.05) is 61.6 Å². The first kappa shape index (κ1) is 18.5. The molecular formula is C21H24N4O3. The molecule has 7 heteroatoms. The van der Waals surface area contributed by atoms with Gasteiger partial charge in [-0.1, -0.05) is 30.3 Å². The Kier molecular flexibility index (Phi) is 5.27. The molecular weight excluding hydrogens is 356 g/mol. The van der Waals surface area contributed by atoms with Crippen LogP contribution in [0.5, 0.6) is 5.75 Å². The first-order chi connectivity index (χ1) is 13.6. The van der Waals surface area contributed by atoms with Crippen molar-refractivity contribution in [3.05, 3.63) is 65.7 Å². The summed E-state index contributed by atoms with van der Waals surface area (Å²) in [6, 6.07) is 17.7. The van der Waals surface area contributed by atoms with E-state index in [2.05, 4.69) is 22.1 Å². The van der Waals surface area contributed by atoms with E-state index in [-0.39, 0.29) is 6.23 Å². The first-order valence-electron chi connectivity index (χ1n) is 9.36. The Bertz CT molecular complexity index is 838. The Labute approximate surface area is 164 Å². The standard InChI is InChI=1S/C21H24N4O3/c1-23(2)14-16-8-10-18(11-9-16)27-19-12-13-24(19)25-20(15-26)28-21(22-25)17-6-4-3-5-7-17/h3-11,15,19-20H,12-14H2,1-2H3. The third-order valence-corrected chi connectivity index (χ3v) is 4.69. The number of rotatable bonds is 7. The fraction of sp³-hybridized carbons (Fsp3) is 0.333. The smallest absolute Gasteiger partial charge is 0.260 e.